The van der Waals surface area contributed by atoms with Crippen LogP contribution in [0.5, 0.6) is 0 Å². The first-order valence-corrected chi connectivity index (χ1v) is 9.42. The maximum atomic E-state index is 13.9. The zero-order chi connectivity index (χ0) is 17.1. The number of allylic oxidation sites excluding steroid dienone is 2. The van der Waals surface area contributed by atoms with Crippen molar-refractivity contribution in [3.8, 4) is 0 Å². The summed E-state index contributed by atoms with van der Waals surface area (Å²) in [6, 6.07) is 1.67. The molecule has 1 aromatic carbocycles. The number of benzene rings is 1. The number of rotatable bonds is 4. The van der Waals surface area contributed by atoms with E-state index in [9.17, 15) is 13.2 Å². The van der Waals surface area contributed by atoms with Crippen molar-refractivity contribution in [2.24, 2.45) is 17.8 Å². The fourth-order valence-electron chi connectivity index (χ4n) is 4.65. The van der Waals surface area contributed by atoms with Crippen molar-refractivity contribution in [1.29, 1.82) is 0 Å². The standard InChI is InChI=1S/C21H27F3/c1-2-3-14-4-6-15(7-5-14)16-8-10-17(11-9-16)18-12-20(23)21(24)13-19(18)22/h10,12-16H,2-9,11H2,1H3. The van der Waals surface area contributed by atoms with Crippen LogP contribution < -0.4 is 0 Å². The molecule has 0 N–H and O–H groups in total. The molecule has 1 saturated carbocycles. The van der Waals surface area contributed by atoms with Crippen molar-refractivity contribution < 1.29 is 13.2 Å². The van der Waals surface area contributed by atoms with Crippen LogP contribution in [0.2, 0.25) is 0 Å². The molecular formula is C21H27F3. The van der Waals surface area contributed by atoms with Gasteiger partial charge in [-0.1, -0.05) is 38.7 Å². The van der Waals surface area contributed by atoms with Crippen LogP contribution in [0.3, 0.4) is 0 Å². The summed E-state index contributed by atoms with van der Waals surface area (Å²) in [4.78, 5) is 0. The highest BCUT2D eigenvalue weighted by molar-refractivity contribution is 5.66. The molecule has 0 aliphatic heterocycles. The molecule has 1 unspecified atom stereocenters. The van der Waals surface area contributed by atoms with Crippen LogP contribution in [0.25, 0.3) is 5.57 Å². The van der Waals surface area contributed by atoms with E-state index in [1.54, 1.807) is 0 Å². The molecule has 1 aromatic rings. The molecule has 3 rings (SSSR count). The fraction of sp³-hybridized carbons (Fsp3) is 0.619. The number of hydrogen-bond donors (Lipinski definition) is 0. The molecule has 0 spiro atoms. The van der Waals surface area contributed by atoms with Gasteiger partial charge in [0.1, 0.15) is 5.82 Å². The summed E-state index contributed by atoms with van der Waals surface area (Å²) < 4.78 is 40.4. The second-order valence-electron chi connectivity index (χ2n) is 7.58. The lowest BCUT2D eigenvalue weighted by Gasteiger charge is -2.35. The summed E-state index contributed by atoms with van der Waals surface area (Å²) in [5.74, 6) is -0.371. The SMILES string of the molecule is CCCC1CCC(C2CC=C(c3cc(F)c(F)cc3F)CC2)CC1. The molecule has 0 heterocycles. The minimum Gasteiger partial charge on any atom is -0.206 e. The van der Waals surface area contributed by atoms with Crippen LogP contribution in [-0.2, 0) is 0 Å². The third-order valence-electron chi connectivity index (χ3n) is 6.06. The van der Waals surface area contributed by atoms with E-state index < -0.39 is 17.5 Å². The minimum absolute atomic E-state index is 0.235. The monoisotopic (exact) mass is 336 g/mol. The highest BCUT2D eigenvalue weighted by atomic mass is 19.2. The second-order valence-corrected chi connectivity index (χ2v) is 7.58. The summed E-state index contributed by atoms with van der Waals surface area (Å²) >= 11 is 0. The van der Waals surface area contributed by atoms with Gasteiger partial charge < -0.3 is 0 Å². The predicted molar refractivity (Wildman–Crippen MR) is 92.0 cm³/mol. The molecule has 0 radical (unpaired) electrons. The zero-order valence-corrected chi connectivity index (χ0v) is 14.5. The van der Waals surface area contributed by atoms with Gasteiger partial charge >= 0.3 is 0 Å². The second kappa shape index (κ2) is 7.76. The minimum atomic E-state index is -1.12. The van der Waals surface area contributed by atoms with Gasteiger partial charge in [-0.15, -0.1) is 0 Å². The van der Waals surface area contributed by atoms with Crippen LogP contribution in [0.4, 0.5) is 13.2 Å². The van der Waals surface area contributed by atoms with Gasteiger partial charge in [0.15, 0.2) is 11.6 Å². The topological polar surface area (TPSA) is 0 Å². The molecule has 0 bridgehead atoms. The van der Waals surface area contributed by atoms with Crippen molar-refractivity contribution in [2.75, 3.05) is 0 Å². The van der Waals surface area contributed by atoms with Crippen molar-refractivity contribution in [1.82, 2.24) is 0 Å². The summed E-state index contributed by atoms with van der Waals surface area (Å²) in [5, 5.41) is 0. The van der Waals surface area contributed by atoms with E-state index in [1.807, 2.05) is 0 Å². The van der Waals surface area contributed by atoms with Gasteiger partial charge in [-0.25, -0.2) is 13.2 Å². The van der Waals surface area contributed by atoms with Gasteiger partial charge in [0.2, 0.25) is 0 Å². The first kappa shape index (κ1) is 17.6. The third-order valence-corrected chi connectivity index (χ3v) is 6.06. The maximum absolute atomic E-state index is 13.9. The van der Waals surface area contributed by atoms with Crippen molar-refractivity contribution in [3.63, 3.8) is 0 Å². The summed E-state index contributed by atoms with van der Waals surface area (Å²) in [5.41, 5.74) is 1.07. The zero-order valence-electron chi connectivity index (χ0n) is 14.5. The molecule has 2 aliphatic rings. The Morgan fingerprint density at radius 2 is 1.58 bits per heavy atom. The molecule has 132 valence electrons. The Morgan fingerprint density at radius 3 is 2.21 bits per heavy atom. The molecule has 1 fully saturated rings. The van der Waals surface area contributed by atoms with Crippen LogP contribution in [0.15, 0.2) is 18.2 Å². The van der Waals surface area contributed by atoms with Crippen molar-refractivity contribution >= 4 is 5.57 Å². The van der Waals surface area contributed by atoms with Gasteiger partial charge in [0.25, 0.3) is 0 Å². The first-order valence-electron chi connectivity index (χ1n) is 9.42. The number of hydrogen-bond acceptors (Lipinski definition) is 0. The fourth-order valence-corrected chi connectivity index (χ4v) is 4.65. The van der Waals surface area contributed by atoms with Crippen LogP contribution in [-0.4, -0.2) is 0 Å². The third kappa shape index (κ3) is 3.87. The Balaban J connectivity index is 1.62. The van der Waals surface area contributed by atoms with Gasteiger partial charge in [-0.3, -0.25) is 0 Å². The summed E-state index contributed by atoms with van der Waals surface area (Å²) in [7, 11) is 0. The van der Waals surface area contributed by atoms with Crippen molar-refractivity contribution in [2.45, 2.75) is 64.7 Å². The van der Waals surface area contributed by atoms with E-state index in [0.29, 0.717) is 12.0 Å². The highest BCUT2D eigenvalue weighted by Crippen LogP contribution is 2.42. The van der Waals surface area contributed by atoms with Crippen LogP contribution in [0.1, 0.15) is 70.3 Å². The van der Waals surface area contributed by atoms with E-state index in [4.69, 9.17) is 0 Å². The van der Waals surface area contributed by atoms with Gasteiger partial charge in [-0.2, -0.15) is 0 Å². The quantitative estimate of drug-likeness (QED) is 0.525. The molecule has 2 aliphatic carbocycles. The van der Waals surface area contributed by atoms with E-state index in [2.05, 4.69) is 13.0 Å². The summed E-state index contributed by atoms with van der Waals surface area (Å²) in [6.45, 7) is 2.26. The Morgan fingerprint density at radius 1 is 0.875 bits per heavy atom. The summed E-state index contributed by atoms with van der Waals surface area (Å²) in [6.07, 6.45) is 12.8. The normalized spacial score (nSPS) is 27.8. The van der Waals surface area contributed by atoms with E-state index in [0.717, 1.165) is 42.7 Å². The average molecular weight is 336 g/mol. The molecular weight excluding hydrogens is 309 g/mol. The smallest absolute Gasteiger partial charge is 0.161 e. The first-order chi connectivity index (χ1) is 11.6. The molecule has 0 aromatic heterocycles. The van der Waals surface area contributed by atoms with Gasteiger partial charge in [-0.05, 0) is 61.5 Å². The molecule has 3 heteroatoms. The highest BCUT2D eigenvalue weighted by Gasteiger charge is 2.29. The van der Waals surface area contributed by atoms with E-state index in [1.165, 1.54) is 38.5 Å². The molecule has 0 amide bonds. The molecule has 24 heavy (non-hydrogen) atoms. The Bertz CT molecular complexity index is 597. The van der Waals surface area contributed by atoms with Crippen LogP contribution >= 0.6 is 0 Å². The Hall–Kier alpha value is -1.25. The van der Waals surface area contributed by atoms with Crippen LogP contribution in [0, 0.1) is 35.2 Å². The largest absolute Gasteiger partial charge is 0.206 e. The lowest BCUT2D eigenvalue weighted by atomic mass is 9.70. The molecule has 1 atom stereocenters. The maximum Gasteiger partial charge on any atom is 0.161 e. The van der Waals surface area contributed by atoms with E-state index >= 15 is 0 Å². The van der Waals surface area contributed by atoms with Gasteiger partial charge in [0, 0.05) is 11.6 Å². The molecule has 0 nitrogen and oxygen atoms in total. The number of halogens is 3. The lowest BCUT2D eigenvalue weighted by molar-refractivity contribution is 0.189. The van der Waals surface area contributed by atoms with E-state index in [-0.39, 0.29) is 5.56 Å². The Labute approximate surface area is 143 Å². The predicted octanol–water partition coefficient (Wildman–Crippen LogP) is 6.89. The van der Waals surface area contributed by atoms with Crippen molar-refractivity contribution in [3.05, 3.63) is 41.2 Å². The average Bonchev–Trinajstić information content (AvgIpc) is 2.59. The molecule has 0 saturated heterocycles. The van der Waals surface area contributed by atoms with Gasteiger partial charge in [0.05, 0.1) is 0 Å². The Kier molecular flexibility index (Phi) is 5.68. The lowest BCUT2D eigenvalue weighted by Crippen LogP contribution is -2.23.